The largest absolute Gasteiger partial charge is 0.478 e. The summed E-state index contributed by atoms with van der Waals surface area (Å²) >= 11 is 0. The van der Waals surface area contributed by atoms with Crippen molar-refractivity contribution in [2.45, 2.75) is 52.2 Å². The van der Waals surface area contributed by atoms with E-state index in [1.807, 2.05) is 17.6 Å². The van der Waals surface area contributed by atoms with E-state index in [4.69, 9.17) is 0 Å². The van der Waals surface area contributed by atoms with Crippen molar-refractivity contribution in [3.05, 3.63) is 29.6 Å². The van der Waals surface area contributed by atoms with Crippen LogP contribution in [0, 0.1) is 0 Å². The fourth-order valence-electron chi connectivity index (χ4n) is 2.51. The number of benzene rings is 1. The van der Waals surface area contributed by atoms with Crippen molar-refractivity contribution in [2.75, 3.05) is 0 Å². The van der Waals surface area contributed by atoms with Gasteiger partial charge in [0.25, 0.3) is 0 Å². The SMILES string of the molecule is CCCc1nc2c(C(=O)O)cccc2n1CCC(O)CC. The molecule has 1 aromatic carbocycles. The van der Waals surface area contributed by atoms with Gasteiger partial charge in [-0.15, -0.1) is 0 Å². The van der Waals surface area contributed by atoms with Gasteiger partial charge in [-0.1, -0.05) is 19.9 Å². The Hall–Kier alpha value is -1.88. The van der Waals surface area contributed by atoms with E-state index in [0.717, 1.165) is 30.6 Å². The maximum atomic E-state index is 11.3. The van der Waals surface area contributed by atoms with Gasteiger partial charge in [-0.2, -0.15) is 0 Å². The highest BCUT2D eigenvalue weighted by Crippen LogP contribution is 2.22. The zero-order valence-corrected chi connectivity index (χ0v) is 12.5. The second-order valence-corrected chi connectivity index (χ2v) is 5.26. The summed E-state index contributed by atoms with van der Waals surface area (Å²) in [5.74, 6) is -0.0635. The van der Waals surface area contributed by atoms with Crippen molar-refractivity contribution >= 4 is 17.0 Å². The third-order valence-electron chi connectivity index (χ3n) is 3.72. The van der Waals surface area contributed by atoms with Crippen LogP contribution in [0.4, 0.5) is 0 Å². The predicted octanol–water partition coefficient (Wildman–Crippen LogP) is 2.85. The molecule has 1 atom stereocenters. The summed E-state index contributed by atoms with van der Waals surface area (Å²) in [5.41, 5.74) is 1.61. The molecular formula is C16H22N2O3. The highest BCUT2D eigenvalue weighted by Gasteiger charge is 2.16. The molecule has 0 bridgehead atoms. The molecule has 0 radical (unpaired) electrons. The number of nitrogens with zero attached hydrogens (tertiary/aromatic N) is 2. The van der Waals surface area contributed by atoms with Crippen LogP contribution in [0.2, 0.25) is 0 Å². The predicted molar refractivity (Wildman–Crippen MR) is 81.6 cm³/mol. The molecule has 5 heteroatoms. The molecule has 114 valence electrons. The van der Waals surface area contributed by atoms with E-state index in [-0.39, 0.29) is 11.7 Å². The number of hydrogen-bond acceptors (Lipinski definition) is 3. The fraction of sp³-hybridized carbons (Fsp3) is 0.500. The van der Waals surface area contributed by atoms with E-state index < -0.39 is 5.97 Å². The molecule has 21 heavy (non-hydrogen) atoms. The van der Waals surface area contributed by atoms with Crippen LogP contribution in [0.5, 0.6) is 0 Å². The average Bonchev–Trinajstić information content (AvgIpc) is 2.82. The van der Waals surface area contributed by atoms with Crippen LogP contribution in [0.3, 0.4) is 0 Å². The van der Waals surface area contributed by atoms with Crippen LogP contribution in [-0.2, 0) is 13.0 Å². The number of aliphatic hydroxyl groups excluding tert-OH is 1. The minimum atomic E-state index is -0.957. The van der Waals surface area contributed by atoms with E-state index in [1.54, 1.807) is 12.1 Å². The normalized spacial score (nSPS) is 12.7. The minimum Gasteiger partial charge on any atom is -0.478 e. The zero-order valence-electron chi connectivity index (χ0n) is 12.5. The maximum absolute atomic E-state index is 11.3. The summed E-state index contributed by atoms with van der Waals surface area (Å²) in [6, 6.07) is 5.22. The molecule has 1 aromatic heterocycles. The number of rotatable bonds is 7. The van der Waals surface area contributed by atoms with Gasteiger partial charge in [0.05, 0.1) is 17.2 Å². The van der Waals surface area contributed by atoms with E-state index in [0.29, 0.717) is 18.5 Å². The Labute approximate surface area is 124 Å². The van der Waals surface area contributed by atoms with Gasteiger partial charge in [-0.05, 0) is 31.4 Å². The summed E-state index contributed by atoms with van der Waals surface area (Å²) in [6.07, 6.45) is 2.78. The van der Waals surface area contributed by atoms with E-state index >= 15 is 0 Å². The molecule has 0 amide bonds. The molecule has 0 aliphatic heterocycles. The molecule has 2 N–H and O–H groups in total. The number of aliphatic hydroxyl groups is 1. The van der Waals surface area contributed by atoms with Crippen molar-refractivity contribution < 1.29 is 15.0 Å². The Morgan fingerprint density at radius 2 is 2.14 bits per heavy atom. The number of aromatic carboxylic acids is 1. The quantitative estimate of drug-likeness (QED) is 0.822. The number of carboxylic acids is 1. The van der Waals surface area contributed by atoms with Crippen LogP contribution >= 0.6 is 0 Å². The van der Waals surface area contributed by atoms with Crippen LogP contribution in [0.15, 0.2) is 18.2 Å². The molecular weight excluding hydrogens is 268 g/mol. The highest BCUT2D eigenvalue weighted by atomic mass is 16.4. The van der Waals surface area contributed by atoms with Crippen LogP contribution in [0.1, 0.15) is 49.3 Å². The Kier molecular flexibility index (Phi) is 4.96. The molecule has 2 aromatic rings. The summed E-state index contributed by atoms with van der Waals surface area (Å²) < 4.78 is 2.05. The van der Waals surface area contributed by atoms with Crippen molar-refractivity contribution in [3.63, 3.8) is 0 Å². The third-order valence-corrected chi connectivity index (χ3v) is 3.72. The first-order chi connectivity index (χ1) is 10.1. The van der Waals surface area contributed by atoms with Crippen molar-refractivity contribution in [1.29, 1.82) is 0 Å². The molecule has 1 heterocycles. The van der Waals surface area contributed by atoms with Crippen molar-refractivity contribution in [1.82, 2.24) is 9.55 Å². The lowest BCUT2D eigenvalue weighted by Crippen LogP contribution is -2.11. The summed E-state index contributed by atoms with van der Waals surface area (Å²) in [4.78, 5) is 15.8. The number of carbonyl (C=O) groups is 1. The molecule has 0 fully saturated rings. The number of carboxylic acid groups (broad SMARTS) is 1. The van der Waals surface area contributed by atoms with Gasteiger partial charge < -0.3 is 14.8 Å². The summed E-state index contributed by atoms with van der Waals surface area (Å²) in [6.45, 7) is 4.68. The summed E-state index contributed by atoms with van der Waals surface area (Å²) in [7, 11) is 0. The van der Waals surface area contributed by atoms with Gasteiger partial charge in [0.1, 0.15) is 11.3 Å². The second-order valence-electron chi connectivity index (χ2n) is 5.26. The number of aromatic nitrogens is 2. The minimum absolute atomic E-state index is 0.236. The Morgan fingerprint density at radius 3 is 2.76 bits per heavy atom. The smallest absolute Gasteiger partial charge is 0.337 e. The van der Waals surface area contributed by atoms with Crippen LogP contribution in [0.25, 0.3) is 11.0 Å². The van der Waals surface area contributed by atoms with Crippen molar-refractivity contribution in [2.24, 2.45) is 0 Å². The molecule has 0 saturated heterocycles. The Morgan fingerprint density at radius 1 is 1.38 bits per heavy atom. The van der Waals surface area contributed by atoms with Crippen molar-refractivity contribution in [3.8, 4) is 0 Å². The molecule has 5 nitrogen and oxygen atoms in total. The topological polar surface area (TPSA) is 75.3 Å². The molecule has 0 aliphatic carbocycles. The fourth-order valence-corrected chi connectivity index (χ4v) is 2.51. The highest BCUT2D eigenvalue weighted by molar-refractivity contribution is 6.01. The first kappa shape index (κ1) is 15.5. The lowest BCUT2D eigenvalue weighted by Gasteiger charge is -2.11. The van der Waals surface area contributed by atoms with E-state index in [9.17, 15) is 15.0 Å². The van der Waals surface area contributed by atoms with Gasteiger partial charge in [0.15, 0.2) is 0 Å². The number of para-hydroxylation sites is 1. The van der Waals surface area contributed by atoms with Crippen LogP contribution in [-0.4, -0.2) is 31.8 Å². The zero-order chi connectivity index (χ0) is 15.4. The summed E-state index contributed by atoms with van der Waals surface area (Å²) in [5, 5.41) is 19.0. The van der Waals surface area contributed by atoms with E-state index in [1.165, 1.54) is 0 Å². The number of imidazole rings is 1. The van der Waals surface area contributed by atoms with Gasteiger partial charge in [0, 0.05) is 13.0 Å². The van der Waals surface area contributed by atoms with Gasteiger partial charge >= 0.3 is 5.97 Å². The maximum Gasteiger partial charge on any atom is 0.337 e. The van der Waals surface area contributed by atoms with Gasteiger partial charge in [0.2, 0.25) is 0 Å². The number of fused-ring (bicyclic) bond motifs is 1. The number of aryl methyl sites for hydroxylation is 2. The first-order valence-corrected chi connectivity index (χ1v) is 7.47. The van der Waals surface area contributed by atoms with E-state index in [2.05, 4.69) is 11.9 Å². The molecule has 2 rings (SSSR count). The average molecular weight is 290 g/mol. The van der Waals surface area contributed by atoms with Gasteiger partial charge in [-0.25, -0.2) is 9.78 Å². The van der Waals surface area contributed by atoms with Gasteiger partial charge in [-0.3, -0.25) is 0 Å². The molecule has 1 unspecified atom stereocenters. The standard InChI is InChI=1S/C16H22N2O3/c1-3-6-14-17-15-12(16(20)21)7-5-8-13(15)18(14)10-9-11(19)4-2/h5,7-8,11,19H,3-4,6,9-10H2,1-2H3,(H,20,21). The lowest BCUT2D eigenvalue weighted by atomic mass is 10.1. The Bertz CT molecular complexity index is 634. The first-order valence-electron chi connectivity index (χ1n) is 7.47. The number of hydrogen-bond donors (Lipinski definition) is 2. The molecule has 0 saturated carbocycles. The lowest BCUT2D eigenvalue weighted by molar-refractivity contribution is 0.0699. The Balaban J connectivity index is 2.47. The molecule has 0 spiro atoms. The second kappa shape index (κ2) is 6.72. The third kappa shape index (κ3) is 3.24. The monoisotopic (exact) mass is 290 g/mol. The molecule has 0 aliphatic rings. The van der Waals surface area contributed by atoms with Crippen LogP contribution < -0.4 is 0 Å².